The number of hydrogen-bond donors (Lipinski definition) is 1. The van der Waals surface area contributed by atoms with E-state index in [-0.39, 0.29) is 0 Å². The van der Waals surface area contributed by atoms with Gasteiger partial charge >= 0.3 is 0 Å². The molecule has 3 heteroatoms. The smallest absolute Gasteiger partial charge is 0.0252 e. The van der Waals surface area contributed by atoms with Gasteiger partial charge in [0.05, 0.1) is 0 Å². The van der Waals surface area contributed by atoms with Crippen molar-refractivity contribution in [2.75, 3.05) is 33.2 Å². The van der Waals surface area contributed by atoms with Crippen molar-refractivity contribution in [3.63, 3.8) is 0 Å². The van der Waals surface area contributed by atoms with E-state index in [0.29, 0.717) is 6.04 Å². The Bertz CT molecular complexity index is 273. The zero-order valence-corrected chi connectivity index (χ0v) is 14.1. The number of nitrogens with zero attached hydrogens (tertiary/aromatic N) is 2. The lowest BCUT2D eigenvalue weighted by Gasteiger charge is -2.47. The van der Waals surface area contributed by atoms with Gasteiger partial charge in [0.15, 0.2) is 0 Å². The lowest BCUT2D eigenvalue weighted by atomic mass is 9.80. The van der Waals surface area contributed by atoms with E-state index in [1.165, 1.54) is 58.3 Å². The molecule has 2 rings (SSSR count). The van der Waals surface area contributed by atoms with Crippen molar-refractivity contribution in [2.24, 2.45) is 5.92 Å². The molecule has 2 aliphatic rings. The van der Waals surface area contributed by atoms with Gasteiger partial charge in [-0.1, -0.05) is 20.3 Å². The van der Waals surface area contributed by atoms with E-state index in [9.17, 15) is 0 Å². The highest BCUT2D eigenvalue weighted by Gasteiger charge is 2.34. The van der Waals surface area contributed by atoms with Crippen LogP contribution in [-0.4, -0.2) is 61.2 Å². The van der Waals surface area contributed by atoms with Crippen LogP contribution in [0.25, 0.3) is 0 Å². The molecule has 1 N–H and O–H groups in total. The number of likely N-dealkylation sites (N-methyl/N-ethyl adjacent to an activating group) is 1. The van der Waals surface area contributed by atoms with E-state index in [0.717, 1.165) is 18.0 Å². The van der Waals surface area contributed by atoms with Gasteiger partial charge < -0.3 is 5.32 Å². The third-order valence-electron chi connectivity index (χ3n) is 5.91. The minimum Gasteiger partial charge on any atom is -0.315 e. The van der Waals surface area contributed by atoms with Crippen LogP contribution in [0.2, 0.25) is 0 Å². The molecule has 1 aliphatic heterocycles. The molecule has 118 valence electrons. The van der Waals surface area contributed by atoms with E-state index in [1.807, 2.05) is 0 Å². The molecular formula is C17H35N3. The lowest BCUT2D eigenvalue weighted by Crippen LogP contribution is -2.58. The van der Waals surface area contributed by atoms with Gasteiger partial charge in [-0.25, -0.2) is 0 Å². The monoisotopic (exact) mass is 281 g/mol. The van der Waals surface area contributed by atoms with Crippen molar-refractivity contribution < 1.29 is 0 Å². The molecule has 0 aromatic heterocycles. The third kappa shape index (κ3) is 3.75. The predicted molar refractivity (Wildman–Crippen MR) is 87.2 cm³/mol. The summed E-state index contributed by atoms with van der Waals surface area (Å²) in [6.07, 6.45) is 6.84. The molecule has 0 spiro atoms. The molecule has 1 heterocycles. The van der Waals surface area contributed by atoms with Gasteiger partial charge in [-0.15, -0.1) is 0 Å². The van der Waals surface area contributed by atoms with Crippen molar-refractivity contribution in [2.45, 2.75) is 71.0 Å². The van der Waals surface area contributed by atoms with Crippen molar-refractivity contribution in [1.82, 2.24) is 15.1 Å². The molecular weight excluding hydrogens is 246 g/mol. The molecule has 20 heavy (non-hydrogen) atoms. The van der Waals surface area contributed by atoms with Crippen LogP contribution in [0.3, 0.4) is 0 Å². The Morgan fingerprint density at radius 1 is 1.10 bits per heavy atom. The lowest BCUT2D eigenvalue weighted by molar-refractivity contribution is 0.0357. The van der Waals surface area contributed by atoms with Crippen molar-refractivity contribution >= 4 is 0 Å². The maximum atomic E-state index is 3.59. The van der Waals surface area contributed by atoms with Crippen LogP contribution in [0.1, 0.15) is 52.9 Å². The summed E-state index contributed by atoms with van der Waals surface area (Å²) in [7, 11) is 2.15. The van der Waals surface area contributed by atoms with Gasteiger partial charge in [-0.3, -0.25) is 9.80 Å². The van der Waals surface area contributed by atoms with E-state index >= 15 is 0 Å². The SMILES string of the molecule is CCC1CCC(NC)C(N2CCN(C(C)CC)CC2)C1. The first kappa shape index (κ1) is 16.3. The van der Waals surface area contributed by atoms with Gasteiger partial charge in [-0.2, -0.15) is 0 Å². The maximum Gasteiger partial charge on any atom is 0.0252 e. The highest BCUT2D eigenvalue weighted by Crippen LogP contribution is 2.30. The fourth-order valence-corrected chi connectivity index (χ4v) is 4.11. The van der Waals surface area contributed by atoms with Crippen LogP contribution in [0.15, 0.2) is 0 Å². The largest absolute Gasteiger partial charge is 0.315 e. The second-order valence-electron chi connectivity index (χ2n) is 6.88. The Morgan fingerprint density at radius 2 is 1.80 bits per heavy atom. The Hall–Kier alpha value is -0.120. The Kier molecular flexibility index (Phi) is 6.31. The first-order chi connectivity index (χ1) is 9.69. The van der Waals surface area contributed by atoms with Gasteiger partial charge in [0.25, 0.3) is 0 Å². The molecule has 3 nitrogen and oxygen atoms in total. The van der Waals surface area contributed by atoms with E-state index in [1.54, 1.807) is 0 Å². The number of piperazine rings is 1. The Balaban J connectivity index is 1.90. The van der Waals surface area contributed by atoms with Crippen LogP contribution < -0.4 is 5.32 Å². The second kappa shape index (κ2) is 7.77. The van der Waals surface area contributed by atoms with Gasteiger partial charge in [-0.05, 0) is 45.6 Å². The summed E-state index contributed by atoms with van der Waals surface area (Å²) in [5.41, 5.74) is 0. The Morgan fingerprint density at radius 3 is 2.35 bits per heavy atom. The molecule has 2 fully saturated rings. The fraction of sp³-hybridized carbons (Fsp3) is 1.00. The average Bonchev–Trinajstić information content (AvgIpc) is 2.53. The van der Waals surface area contributed by atoms with Crippen LogP contribution in [0.4, 0.5) is 0 Å². The molecule has 0 bridgehead atoms. The van der Waals surface area contributed by atoms with Crippen LogP contribution in [0.5, 0.6) is 0 Å². The van der Waals surface area contributed by atoms with E-state index in [2.05, 4.69) is 42.9 Å². The molecule has 0 aromatic carbocycles. The highest BCUT2D eigenvalue weighted by molar-refractivity contribution is 4.92. The standard InChI is InChI=1S/C17H35N3/c1-5-14(3)19-9-11-20(12-10-19)17-13-15(6-2)7-8-16(17)18-4/h14-18H,5-13H2,1-4H3. The molecule has 4 unspecified atom stereocenters. The quantitative estimate of drug-likeness (QED) is 0.835. The number of hydrogen-bond acceptors (Lipinski definition) is 3. The van der Waals surface area contributed by atoms with E-state index < -0.39 is 0 Å². The fourth-order valence-electron chi connectivity index (χ4n) is 4.11. The number of rotatable bonds is 5. The molecule has 0 amide bonds. The summed E-state index contributed by atoms with van der Waals surface area (Å²) in [6, 6.07) is 2.25. The second-order valence-corrected chi connectivity index (χ2v) is 6.88. The normalized spacial score (nSPS) is 35.1. The van der Waals surface area contributed by atoms with Crippen LogP contribution in [-0.2, 0) is 0 Å². The zero-order chi connectivity index (χ0) is 14.5. The summed E-state index contributed by atoms with van der Waals surface area (Å²) in [6.45, 7) is 12.1. The van der Waals surface area contributed by atoms with Gasteiger partial charge in [0.1, 0.15) is 0 Å². The van der Waals surface area contributed by atoms with E-state index in [4.69, 9.17) is 0 Å². The average molecular weight is 281 g/mol. The van der Waals surface area contributed by atoms with Crippen molar-refractivity contribution in [3.05, 3.63) is 0 Å². The summed E-state index contributed by atoms with van der Waals surface area (Å²) in [4.78, 5) is 5.45. The maximum absolute atomic E-state index is 3.59. The molecule has 1 saturated heterocycles. The summed E-state index contributed by atoms with van der Waals surface area (Å²) < 4.78 is 0. The molecule has 0 aromatic rings. The third-order valence-corrected chi connectivity index (χ3v) is 5.91. The summed E-state index contributed by atoms with van der Waals surface area (Å²) in [5.74, 6) is 0.956. The molecule has 0 radical (unpaired) electrons. The van der Waals surface area contributed by atoms with Crippen LogP contribution in [0, 0.1) is 5.92 Å². The predicted octanol–water partition coefficient (Wildman–Crippen LogP) is 2.57. The van der Waals surface area contributed by atoms with Gasteiger partial charge in [0.2, 0.25) is 0 Å². The minimum atomic E-state index is 0.716. The van der Waals surface area contributed by atoms with Crippen molar-refractivity contribution in [3.8, 4) is 0 Å². The first-order valence-corrected chi connectivity index (χ1v) is 8.84. The molecule has 4 atom stereocenters. The first-order valence-electron chi connectivity index (χ1n) is 8.84. The number of nitrogens with one attached hydrogen (secondary N) is 1. The van der Waals surface area contributed by atoms with Crippen molar-refractivity contribution in [1.29, 1.82) is 0 Å². The van der Waals surface area contributed by atoms with Crippen LogP contribution >= 0.6 is 0 Å². The van der Waals surface area contributed by atoms with Gasteiger partial charge in [0, 0.05) is 44.3 Å². The summed E-state index contributed by atoms with van der Waals surface area (Å²) in [5, 5.41) is 3.59. The molecule has 1 aliphatic carbocycles. The Labute approximate surface area is 126 Å². The highest BCUT2D eigenvalue weighted by atomic mass is 15.3. The summed E-state index contributed by atoms with van der Waals surface area (Å²) >= 11 is 0. The minimum absolute atomic E-state index is 0.716. The molecule has 1 saturated carbocycles. The zero-order valence-electron chi connectivity index (χ0n) is 14.1. The topological polar surface area (TPSA) is 18.5 Å².